The van der Waals surface area contributed by atoms with Crippen molar-refractivity contribution in [2.45, 2.75) is 27.8 Å². The molecule has 4 rings (SSSR count). The molecule has 0 radical (unpaired) electrons. The van der Waals surface area contributed by atoms with E-state index in [4.69, 9.17) is 0 Å². The third-order valence-corrected chi connectivity index (χ3v) is 7.37. The number of tetrazole rings is 1. The first-order valence-electron chi connectivity index (χ1n) is 8.77. The summed E-state index contributed by atoms with van der Waals surface area (Å²) in [4.78, 5) is 11.2. The van der Waals surface area contributed by atoms with Gasteiger partial charge >= 0.3 is 0 Å². The van der Waals surface area contributed by atoms with Crippen LogP contribution in [0.3, 0.4) is 0 Å². The molecule has 0 aliphatic carbocycles. The Balaban J connectivity index is 1.69. The van der Waals surface area contributed by atoms with E-state index in [1.165, 1.54) is 21.1 Å². The van der Waals surface area contributed by atoms with E-state index >= 15 is 0 Å². The molecule has 0 saturated carbocycles. The summed E-state index contributed by atoms with van der Waals surface area (Å²) in [6.45, 7) is 0.858. The van der Waals surface area contributed by atoms with Crippen molar-refractivity contribution in [3.63, 3.8) is 0 Å². The third kappa shape index (κ3) is 3.86. The van der Waals surface area contributed by atoms with Crippen molar-refractivity contribution in [2.75, 3.05) is 13.1 Å². The second-order valence-electron chi connectivity index (χ2n) is 6.31. The Bertz CT molecular complexity index is 1140. The van der Waals surface area contributed by atoms with Gasteiger partial charge in [-0.1, -0.05) is 18.2 Å². The first-order valence-corrected chi connectivity index (χ1v) is 11.0. The van der Waals surface area contributed by atoms with Crippen LogP contribution in [0.5, 0.6) is 0 Å². The quantitative estimate of drug-likeness (QED) is 0.430. The number of hydrogen-bond donors (Lipinski definition) is 0. The van der Waals surface area contributed by atoms with Crippen molar-refractivity contribution in [1.82, 2.24) is 24.5 Å². The SMILES string of the molecule is O=[N+]([O-])c1cc(S(=O)(=O)N2CCCC2)ccc1Sc1nnnn1-c1ccccc1. The van der Waals surface area contributed by atoms with Crippen LogP contribution in [0.1, 0.15) is 12.8 Å². The van der Waals surface area contributed by atoms with Crippen LogP contribution in [0.25, 0.3) is 5.69 Å². The molecule has 0 amide bonds. The zero-order valence-electron chi connectivity index (χ0n) is 15.1. The average Bonchev–Trinajstić information content (AvgIpc) is 3.41. The zero-order chi connectivity index (χ0) is 20.4. The monoisotopic (exact) mass is 432 g/mol. The van der Waals surface area contributed by atoms with Gasteiger partial charge in [-0.25, -0.2) is 8.42 Å². The summed E-state index contributed by atoms with van der Waals surface area (Å²) in [7, 11) is -3.75. The molecule has 1 fully saturated rings. The van der Waals surface area contributed by atoms with Crippen LogP contribution in [0.15, 0.2) is 63.5 Å². The van der Waals surface area contributed by atoms with Gasteiger partial charge in [0, 0.05) is 19.2 Å². The Morgan fingerprint density at radius 1 is 1.07 bits per heavy atom. The Labute approximate surface area is 170 Å². The van der Waals surface area contributed by atoms with Crippen LogP contribution in [0.2, 0.25) is 0 Å². The minimum Gasteiger partial charge on any atom is -0.258 e. The van der Waals surface area contributed by atoms with Gasteiger partial charge in [0.2, 0.25) is 15.2 Å². The predicted octanol–water partition coefficient (Wildman–Crippen LogP) is 2.51. The zero-order valence-corrected chi connectivity index (χ0v) is 16.7. The first kappa shape index (κ1) is 19.5. The summed E-state index contributed by atoms with van der Waals surface area (Å²) in [5.74, 6) is 0. The van der Waals surface area contributed by atoms with Crippen molar-refractivity contribution in [2.24, 2.45) is 0 Å². The van der Waals surface area contributed by atoms with Crippen molar-refractivity contribution in [3.05, 3.63) is 58.6 Å². The van der Waals surface area contributed by atoms with Crippen LogP contribution in [0, 0.1) is 10.1 Å². The van der Waals surface area contributed by atoms with Crippen molar-refractivity contribution in [1.29, 1.82) is 0 Å². The molecule has 1 aliphatic rings. The lowest BCUT2D eigenvalue weighted by atomic mass is 10.3. The minimum absolute atomic E-state index is 0.0851. The standard InChI is InChI=1S/C17H16N6O4S2/c24-23(25)15-12-14(29(26,27)21-10-4-5-11-21)8-9-16(15)28-17-18-19-20-22(17)13-6-2-1-3-7-13/h1-3,6-9,12H,4-5,10-11H2. The number of sulfonamides is 1. The van der Waals surface area contributed by atoms with Gasteiger partial charge in [0.15, 0.2) is 0 Å². The van der Waals surface area contributed by atoms with Crippen LogP contribution in [-0.2, 0) is 10.0 Å². The highest BCUT2D eigenvalue weighted by atomic mass is 32.2. The summed E-state index contributed by atoms with van der Waals surface area (Å²) in [5.41, 5.74) is 0.397. The number of hydrogen-bond acceptors (Lipinski definition) is 8. The molecule has 3 aromatic rings. The lowest BCUT2D eigenvalue weighted by Crippen LogP contribution is -2.27. The number of nitro benzene ring substituents is 1. The fraction of sp³-hybridized carbons (Fsp3) is 0.235. The van der Waals surface area contributed by atoms with Gasteiger partial charge in [-0.15, -0.1) is 5.10 Å². The second kappa shape index (κ2) is 7.89. The molecule has 0 bridgehead atoms. The molecule has 2 aromatic carbocycles. The summed E-state index contributed by atoms with van der Waals surface area (Å²) in [6, 6.07) is 13.0. The van der Waals surface area contributed by atoms with Gasteiger partial charge in [-0.05, 0) is 59.3 Å². The Hall–Kier alpha value is -2.83. The maximum atomic E-state index is 12.7. The first-order chi connectivity index (χ1) is 14.0. The number of benzene rings is 2. The number of rotatable bonds is 6. The van der Waals surface area contributed by atoms with E-state index in [1.807, 2.05) is 18.2 Å². The van der Waals surface area contributed by atoms with Gasteiger partial charge in [-0.3, -0.25) is 10.1 Å². The summed E-state index contributed by atoms with van der Waals surface area (Å²) in [5, 5.41) is 23.5. The van der Waals surface area contributed by atoms with Gasteiger partial charge in [-0.2, -0.15) is 8.99 Å². The molecule has 1 aliphatic heterocycles. The number of aromatic nitrogens is 4. The predicted molar refractivity (Wildman–Crippen MR) is 104 cm³/mol. The Kier molecular flexibility index (Phi) is 5.30. The van der Waals surface area contributed by atoms with E-state index in [0.29, 0.717) is 23.9 Å². The molecule has 2 heterocycles. The number of para-hydroxylation sites is 1. The molecule has 1 saturated heterocycles. The smallest absolute Gasteiger partial charge is 0.258 e. The summed E-state index contributed by atoms with van der Waals surface area (Å²) in [6.07, 6.45) is 1.58. The largest absolute Gasteiger partial charge is 0.284 e. The number of nitro groups is 1. The lowest BCUT2D eigenvalue weighted by Gasteiger charge is -2.15. The van der Waals surface area contributed by atoms with Crippen LogP contribution >= 0.6 is 11.8 Å². The topological polar surface area (TPSA) is 124 Å². The molecule has 0 unspecified atom stereocenters. The van der Waals surface area contributed by atoms with Gasteiger partial charge in [0.25, 0.3) is 5.69 Å². The molecule has 0 atom stereocenters. The maximum absolute atomic E-state index is 12.7. The highest BCUT2D eigenvalue weighted by molar-refractivity contribution is 7.99. The highest BCUT2D eigenvalue weighted by Gasteiger charge is 2.30. The molecule has 29 heavy (non-hydrogen) atoms. The van der Waals surface area contributed by atoms with E-state index in [0.717, 1.165) is 30.7 Å². The normalized spacial score (nSPS) is 14.9. The Morgan fingerprint density at radius 3 is 2.48 bits per heavy atom. The molecule has 0 N–H and O–H groups in total. The van der Waals surface area contributed by atoms with Crippen molar-refractivity contribution in [3.8, 4) is 5.69 Å². The van der Waals surface area contributed by atoms with E-state index in [-0.39, 0.29) is 15.5 Å². The minimum atomic E-state index is -3.75. The molecule has 12 heteroatoms. The third-order valence-electron chi connectivity index (χ3n) is 4.47. The van der Waals surface area contributed by atoms with Gasteiger partial charge in [0.1, 0.15) is 0 Å². The van der Waals surface area contributed by atoms with Crippen LogP contribution in [-0.4, -0.2) is 50.9 Å². The average molecular weight is 432 g/mol. The fourth-order valence-electron chi connectivity index (χ4n) is 3.04. The fourth-order valence-corrected chi connectivity index (χ4v) is 5.45. The molecule has 0 spiro atoms. The number of nitrogens with zero attached hydrogens (tertiary/aromatic N) is 6. The van der Waals surface area contributed by atoms with Crippen LogP contribution < -0.4 is 0 Å². The molecule has 10 nitrogen and oxygen atoms in total. The summed E-state index contributed by atoms with van der Waals surface area (Å²) >= 11 is 0.999. The van der Waals surface area contributed by atoms with E-state index in [2.05, 4.69) is 15.5 Å². The highest BCUT2D eigenvalue weighted by Crippen LogP contribution is 2.36. The van der Waals surface area contributed by atoms with Gasteiger partial charge < -0.3 is 0 Å². The van der Waals surface area contributed by atoms with E-state index < -0.39 is 14.9 Å². The van der Waals surface area contributed by atoms with Crippen LogP contribution in [0.4, 0.5) is 5.69 Å². The maximum Gasteiger partial charge on any atom is 0.284 e. The molecule has 1 aromatic heterocycles. The van der Waals surface area contributed by atoms with E-state index in [9.17, 15) is 18.5 Å². The van der Waals surface area contributed by atoms with Crippen molar-refractivity contribution >= 4 is 27.5 Å². The summed E-state index contributed by atoms with van der Waals surface area (Å²) < 4.78 is 28.3. The molecular weight excluding hydrogens is 416 g/mol. The molecule has 150 valence electrons. The second-order valence-corrected chi connectivity index (χ2v) is 9.26. The Morgan fingerprint density at radius 2 is 1.79 bits per heavy atom. The lowest BCUT2D eigenvalue weighted by molar-refractivity contribution is -0.388. The van der Waals surface area contributed by atoms with Crippen molar-refractivity contribution < 1.29 is 13.3 Å². The van der Waals surface area contributed by atoms with E-state index in [1.54, 1.807) is 12.1 Å². The molecular formula is C17H16N6O4S2. The van der Waals surface area contributed by atoms with Gasteiger partial charge in [0.05, 0.1) is 20.4 Å².